The molecule has 0 amide bonds. The van der Waals surface area contributed by atoms with Crippen LogP contribution in [0.25, 0.3) is 11.1 Å². The molecule has 0 heterocycles. The summed E-state index contributed by atoms with van der Waals surface area (Å²) in [5, 5.41) is 3.38. The van der Waals surface area contributed by atoms with E-state index in [0.29, 0.717) is 0 Å². The van der Waals surface area contributed by atoms with Crippen LogP contribution in [0.5, 0.6) is 5.75 Å². The van der Waals surface area contributed by atoms with Gasteiger partial charge >= 0.3 is 0 Å². The van der Waals surface area contributed by atoms with E-state index in [1.165, 1.54) is 23.1 Å². The van der Waals surface area contributed by atoms with E-state index in [0.717, 1.165) is 31.9 Å². The highest BCUT2D eigenvalue weighted by molar-refractivity contribution is 5.64. The maximum absolute atomic E-state index is 5.76. The monoisotopic (exact) mass is 283 g/mol. The summed E-state index contributed by atoms with van der Waals surface area (Å²) < 4.78 is 5.76. The molecule has 0 saturated carbocycles. The summed E-state index contributed by atoms with van der Waals surface area (Å²) in [6, 6.07) is 16.9. The highest BCUT2D eigenvalue weighted by atomic mass is 16.5. The molecule has 2 heteroatoms. The van der Waals surface area contributed by atoms with E-state index in [1.807, 2.05) is 0 Å². The van der Waals surface area contributed by atoms with Crippen molar-refractivity contribution in [2.75, 3.05) is 19.7 Å². The maximum Gasteiger partial charge on any atom is 0.119 e. The first-order chi connectivity index (χ1) is 10.3. The smallest absolute Gasteiger partial charge is 0.119 e. The Hall–Kier alpha value is -1.80. The number of rotatable bonds is 8. The third-order valence-corrected chi connectivity index (χ3v) is 3.43. The zero-order valence-corrected chi connectivity index (χ0v) is 13.1. The molecule has 2 rings (SSSR count). The van der Waals surface area contributed by atoms with E-state index < -0.39 is 0 Å². The molecule has 0 saturated heterocycles. The van der Waals surface area contributed by atoms with Gasteiger partial charge in [-0.25, -0.2) is 0 Å². The van der Waals surface area contributed by atoms with Gasteiger partial charge in [-0.15, -0.1) is 0 Å². The standard InChI is InChI=1S/C19H25NO/c1-3-13-20-14-4-15-21-19-11-9-18(10-12-19)17-7-5-16(2)6-8-17/h5-12,20H,3-4,13-15H2,1-2H3. The molecular formula is C19H25NO. The summed E-state index contributed by atoms with van der Waals surface area (Å²) in [6.07, 6.45) is 2.22. The predicted molar refractivity (Wildman–Crippen MR) is 89.9 cm³/mol. The van der Waals surface area contributed by atoms with Crippen molar-refractivity contribution in [3.8, 4) is 16.9 Å². The Kier molecular flexibility index (Phi) is 6.29. The largest absolute Gasteiger partial charge is 0.494 e. The number of benzene rings is 2. The number of hydrogen-bond acceptors (Lipinski definition) is 2. The average Bonchev–Trinajstić information content (AvgIpc) is 2.52. The summed E-state index contributed by atoms with van der Waals surface area (Å²) in [5.74, 6) is 0.946. The van der Waals surface area contributed by atoms with Crippen molar-refractivity contribution in [1.29, 1.82) is 0 Å². The van der Waals surface area contributed by atoms with Gasteiger partial charge in [0.25, 0.3) is 0 Å². The van der Waals surface area contributed by atoms with E-state index in [9.17, 15) is 0 Å². The van der Waals surface area contributed by atoms with Gasteiger partial charge in [0, 0.05) is 0 Å². The highest BCUT2D eigenvalue weighted by Crippen LogP contribution is 2.22. The van der Waals surface area contributed by atoms with Gasteiger partial charge in [-0.3, -0.25) is 0 Å². The van der Waals surface area contributed by atoms with E-state index in [2.05, 4.69) is 67.7 Å². The highest BCUT2D eigenvalue weighted by Gasteiger charge is 1.99. The lowest BCUT2D eigenvalue weighted by Gasteiger charge is -2.08. The van der Waals surface area contributed by atoms with Crippen molar-refractivity contribution in [3.05, 3.63) is 54.1 Å². The van der Waals surface area contributed by atoms with Gasteiger partial charge in [0.2, 0.25) is 0 Å². The zero-order valence-electron chi connectivity index (χ0n) is 13.1. The van der Waals surface area contributed by atoms with E-state index >= 15 is 0 Å². The Bertz CT molecular complexity index is 516. The number of aryl methyl sites for hydroxylation is 1. The summed E-state index contributed by atoms with van der Waals surface area (Å²) in [6.45, 7) is 7.16. The van der Waals surface area contributed by atoms with Crippen LogP contribution in [0.4, 0.5) is 0 Å². The van der Waals surface area contributed by atoms with Gasteiger partial charge < -0.3 is 10.1 Å². The predicted octanol–water partition coefficient (Wildman–Crippen LogP) is 4.43. The molecule has 0 aliphatic heterocycles. The van der Waals surface area contributed by atoms with Crippen LogP contribution in [0.15, 0.2) is 48.5 Å². The van der Waals surface area contributed by atoms with Crippen molar-refractivity contribution in [1.82, 2.24) is 5.32 Å². The van der Waals surface area contributed by atoms with Crippen molar-refractivity contribution >= 4 is 0 Å². The zero-order chi connectivity index (χ0) is 14.9. The normalized spacial score (nSPS) is 10.6. The maximum atomic E-state index is 5.76. The SMILES string of the molecule is CCCNCCCOc1ccc(-c2ccc(C)cc2)cc1. The van der Waals surface area contributed by atoms with Crippen LogP contribution in [-0.2, 0) is 0 Å². The van der Waals surface area contributed by atoms with Crippen LogP contribution < -0.4 is 10.1 Å². The van der Waals surface area contributed by atoms with Crippen LogP contribution in [0.1, 0.15) is 25.3 Å². The molecule has 0 aliphatic rings. The topological polar surface area (TPSA) is 21.3 Å². The van der Waals surface area contributed by atoms with Crippen LogP contribution in [-0.4, -0.2) is 19.7 Å². The molecule has 0 aromatic heterocycles. The van der Waals surface area contributed by atoms with Gasteiger partial charge in [-0.05, 0) is 56.1 Å². The second-order valence-electron chi connectivity index (χ2n) is 5.34. The summed E-state index contributed by atoms with van der Waals surface area (Å²) in [7, 11) is 0. The molecule has 0 atom stereocenters. The van der Waals surface area contributed by atoms with Crippen LogP contribution in [0.3, 0.4) is 0 Å². The second-order valence-corrected chi connectivity index (χ2v) is 5.34. The van der Waals surface area contributed by atoms with Gasteiger partial charge in [-0.2, -0.15) is 0 Å². The van der Waals surface area contributed by atoms with Crippen LogP contribution in [0, 0.1) is 6.92 Å². The Morgan fingerprint density at radius 2 is 1.48 bits per heavy atom. The molecule has 2 aromatic rings. The Balaban J connectivity index is 1.80. The van der Waals surface area contributed by atoms with Crippen molar-refractivity contribution in [2.45, 2.75) is 26.7 Å². The Morgan fingerprint density at radius 1 is 0.857 bits per heavy atom. The lowest BCUT2D eigenvalue weighted by Crippen LogP contribution is -2.17. The summed E-state index contributed by atoms with van der Waals surface area (Å²) >= 11 is 0. The van der Waals surface area contributed by atoms with Gasteiger partial charge in [0.1, 0.15) is 5.75 Å². The molecule has 112 valence electrons. The molecule has 0 bridgehead atoms. The van der Waals surface area contributed by atoms with Crippen molar-refractivity contribution < 1.29 is 4.74 Å². The van der Waals surface area contributed by atoms with Gasteiger partial charge in [-0.1, -0.05) is 48.9 Å². The first kappa shape index (κ1) is 15.6. The minimum atomic E-state index is 0.764. The average molecular weight is 283 g/mol. The van der Waals surface area contributed by atoms with Crippen LogP contribution in [0.2, 0.25) is 0 Å². The van der Waals surface area contributed by atoms with E-state index in [4.69, 9.17) is 4.74 Å². The summed E-state index contributed by atoms with van der Waals surface area (Å²) in [4.78, 5) is 0. The number of ether oxygens (including phenoxy) is 1. The summed E-state index contributed by atoms with van der Waals surface area (Å²) in [5.41, 5.74) is 3.76. The minimum Gasteiger partial charge on any atom is -0.494 e. The van der Waals surface area contributed by atoms with E-state index in [1.54, 1.807) is 0 Å². The Labute approximate surface area is 128 Å². The lowest BCUT2D eigenvalue weighted by atomic mass is 10.0. The second kappa shape index (κ2) is 8.48. The Morgan fingerprint density at radius 3 is 2.10 bits per heavy atom. The molecule has 0 aliphatic carbocycles. The lowest BCUT2D eigenvalue weighted by molar-refractivity contribution is 0.308. The minimum absolute atomic E-state index is 0.764. The first-order valence-electron chi connectivity index (χ1n) is 7.80. The number of nitrogens with one attached hydrogen (secondary N) is 1. The molecule has 2 nitrogen and oxygen atoms in total. The molecule has 0 radical (unpaired) electrons. The third-order valence-electron chi connectivity index (χ3n) is 3.43. The molecule has 21 heavy (non-hydrogen) atoms. The molecular weight excluding hydrogens is 258 g/mol. The molecule has 0 fully saturated rings. The third kappa shape index (κ3) is 5.24. The fourth-order valence-corrected chi connectivity index (χ4v) is 2.18. The quantitative estimate of drug-likeness (QED) is 0.724. The van der Waals surface area contributed by atoms with Gasteiger partial charge in [0.05, 0.1) is 6.61 Å². The molecule has 0 spiro atoms. The first-order valence-corrected chi connectivity index (χ1v) is 7.80. The number of hydrogen-bond donors (Lipinski definition) is 1. The van der Waals surface area contributed by atoms with Crippen molar-refractivity contribution in [2.24, 2.45) is 0 Å². The van der Waals surface area contributed by atoms with Gasteiger partial charge in [0.15, 0.2) is 0 Å². The van der Waals surface area contributed by atoms with Crippen LogP contribution >= 0.6 is 0 Å². The molecule has 2 aromatic carbocycles. The fraction of sp³-hybridized carbons (Fsp3) is 0.368. The molecule has 0 unspecified atom stereocenters. The molecule has 1 N–H and O–H groups in total. The fourth-order valence-electron chi connectivity index (χ4n) is 2.18. The van der Waals surface area contributed by atoms with E-state index in [-0.39, 0.29) is 0 Å². The van der Waals surface area contributed by atoms with Crippen molar-refractivity contribution in [3.63, 3.8) is 0 Å².